The second-order valence-electron chi connectivity index (χ2n) is 8.48. The van der Waals surface area contributed by atoms with E-state index in [0.29, 0.717) is 10.7 Å². The molecule has 0 saturated carbocycles. The zero-order valence-corrected chi connectivity index (χ0v) is 19.7. The molecule has 5 rings (SSSR count). The summed E-state index contributed by atoms with van der Waals surface area (Å²) in [7, 11) is 2.12. The van der Waals surface area contributed by atoms with E-state index in [4.69, 9.17) is 11.6 Å². The maximum Gasteiger partial charge on any atom is 0.323 e. The number of fused-ring (bicyclic) bond motifs is 1. The Morgan fingerprint density at radius 1 is 0.882 bits per heavy atom. The number of carbonyl (C=O) groups is 1. The molecule has 1 aliphatic heterocycles. The molecule has 0 unspecified atom stereocenters. The molecule has 6 nitrogen and oxygen atoms in total. The molecule has 34 heavy (non-hydrogen) atoms. The Kier molecular flexibility index (Phi) is 6.34. The Bertz CT molecular complexity index is 1320. The van der Waals surface area contributed by atoms with E-state index in [-0.39, 0.29) is 6.03 Å². The molecule has 1 aromatic heterocycles. The Morgan fingerprint density at radius 2 is 1.62 bits per heavy atom. The molecule has 3 aromatic carbocycles. The Labute approximate surface area is 204 Å². The van der Waals surface area contributed by atoms with E-state index in [2.05, 4.69) is 38.5 Å². The van der Waals surface area contributed by atoms with Gasteiger partial charge in [-0.05, 0) is 60.0 Å². The van der Waals surface area contributed by atoms with Gasteiger partial charge in [0.2, 0.25) is 0 Å². The number of piperazine rings is 1. The predicted octanol–water partition coefficient (Wildman–Crippen LogP) is 5.95. The first kappa shape index (κ1) is 22.2. The van der Waals surface area contributed by atoms with Crippen LogP contribution in [0.2, 0.25) is 5.02 Å². The van der Waals surface area contributed by atoms with Gasteiger partial charge in [-0.25, -0.2) is 4.79 Å². The number of nitrogens with zero attached hydrogens (tertiary/aromatic N) is 3. The Balaban J connectivity index is 1.36. The number of aromatic nitrogens is 1. The second kappa shape index (κ2) is 9.71. The minimum atomic E-state index is -0.298. The third-order valence-electron chi connectivity index (χ3n) is 6.21. The smallest absolute Gasteiger partial charge is 0.323 e. The van der Waals surface area contributed by atoms with Crippen LogP contribution in [0.15, 0.2) is 79.1 Å². The highest BCUT2D eigenvalue weighted by molar-refractivity contribution is 6.33. The van der Waals surface area contributed by atoms with Crippen molar-refractivity contribution in [2.45, 2.75) is 0 Å². The molecular formula is C27H26ClN5O. The van der Waals surface area contributed by atoms with Crippen LogP contribution in [-0.4, -0.2) is 49.1 Å². The maximum atomic E-state index is 12.9. The van der Waals surface area contributed by atoms with Crippen molar-refractivity contribution in [3.05, 3.63) is 84.1 Å². The fourth-order valence-corrected chi connectivity index (χ4v) is 4.59. The van der Waals surface area contributed by atoms with E-state index in [0.717, 1.165) is 59.5 Å². The fourth-order valence-electron chi connectivity index (χ4n) is 4.36. The molecule has 0 spiro atoms. The summed E-state index contributed by atoms with van der Waals surface area (Å²) in [5, 5.41) is 8.71. The normalized spacial score (nSPS) is 14.2. The Hall–Kier alpha value is -3.61. The Morgan fingerprint density at radius 3 is 2.38 bits per heavy atom. The summed E-state index contributed by atoms with van der Waals surface area (Å²) < 4.78 is 0. The van der Waals surface area contributed by atoms with E-state index in [1.54, 1.807) is 12.4 Å². The summed E-state index contributed by atoms with van der Waals surface area (Å²) in [6, 6.07) is 21.3. The van der Waals surface area contributed by atoms with Gasteiger partial charge in [0.15, 0.2) is 0 Å². The number of rotatable bonds is 4. The lowest BCUT2D eigenvalue weighted by Gasteiger charge is -2.34. The highest BCUT2D eigenvalue weighted by atomic mass is 35.5. The molecule has 1 saturated heterocycles. The molecule has 2 heterocycles. The van der Waals surface area contributed by atoms with Gasteiger partial charge in [-0.3, -0.25) is 4.98 Å². The summed E-state index contributed by atoms with van der Waals surface area (Å²) >= 11 is 6.48. The number of amides is 2. The highest BCUT2D eigenvalue weighted by Crippen LogP contribution is 2.33. The number of likely N-dealkylation sites (N-methyl/N-ethyl adjacent to an activating group) is 1. The molecule has 0 aliphatic carbocycles. The van der Waals surface area contributed by atoms with Gasteiger partial charge in [0.25, 0.3) is 0 Å². The number of hydrogen-bond donors (Lipinski definition) is 2. The number of nitrogens with one attached hydrogen (secondary N) is 2. The van der Waals surface area contributed by atoms with Crippen LogP contribution in [0.25, 0.3) is 21.9 Å². The summed E-state index contributed by atoms with van der Waals surface area (Å²) in [5.41, 5.74) is 4.57. The number of hydrogen-bond acceptors (Lipinski definition) is 4. The van der Waals surface area contributed by atoms with Crippen LogP contribution in [0.1, 0.15) is 0 Å². The van der Waals surface area contributed by atoms with Gasteiger partial charge in [-0.1, -0.05) is 41.9 Å². The average molecular weight is 472 g/mol. The molecule has 0 atom stereocenters. The summed E-state index contributed by atoms with van der Waals surface area (Å²) in [5.74, 6) is 0. The first-order chi connectivity index (χ1) is 16.6. The minimum absolute atomic E-state index is 0.298. The fraction of sp³-hybridized carbons (Fsp3) is 0.185. The third kappa shape index (κ3) is 4.69. The van der Waals surface area contributed by atoms with Gasteiger partial charge in [0, 0.05) is 49.6 Å². The molecule has 2 N–H and O–H groups in total. The van der Waals surface area contributed by atoms with Crippen molar-refractivity contribution >= 4 is 45.5 Å². The number of halogens is 1. The molecule has 2 amide bonds. The van der Waals surface area contributed by atoms with Crippen molar-refractivity contribution in [3.63, 3.8) is 0 Å². The predicted molar refractivity (Wildman–Crippen MR) is 141 cm³/mol. The number of benzene rings is 3. The van der Waals surface area contributed by atoms with Crippen LogP contribution in [0.5, 0.6) is 0 Å². The van der Waals surface area contributed by atoms with Crippen LogP contribution in [0, 0.1) is 0 Å². The number of anilines is 3. The maximum absolute atomic E-state index is 12.9. The van der Waals surface area contributed by atoms with E-state index >= 15 is 0 Å². The molecule has 0 radical (unpaired) electrons. The molecule has 0 bridgehead atoms. The van der Waals surface area contributed by atoms with Crippen LogP contribution in [0.3, 0.4) is 0 Å². The zero-order chi connectivity index (χ0) is 23.5. The molecular weight excluding hydrogens is 446 g/mol. The molecule has 4 aromatic rings. The first-order valence-corrected chi connectivity index (χ1v) is 11.7. The topological polar surface area (TPSA) is 60.5 Å². The third-order valence-corrected chi connectivity index (χ3v) is 6.53. The molecule has 1 aliphatic rings. The SMILES string of the molecule is CN1CCN(c2cc(NC(=O)Nc3ccc(-c4ccncc4)c4ccccc34)ccc2Cl)CC1. The van der Waals surface area contributed by atoms with Crippen LogP contribution < -0.4 is 15.5 Å². The van der Waals surface area contributed by atoms with Gasteiger partial charge >= 0.3 is 6.03 Å². The van der Waals surface area contributed by atoms with Crippen molar-refractivity contribution in [1.29, 1.82) is 0 Å². The number of urea groups is 1. The molecule has 1 fully saturated rings. The highest BCUT2D eigenvalue weighted by Gasteiger charge is 2.17. The van der Waals surface area contributed by atoms with Gasteiger partial charge in [-0.2, -0.15) is 0 Å². The van der Waals surface area contributed by atoms with E-state index in [1.807, 2.05) is 60.7 Å². The van der Waals surface area contributed by atoms with Crippen molar-refractivity contribution in [2.75, 3.05) is 48.8 Å². The minimum Gasteiger partial charge on any atom is -0.368 e. The summed E-state index contributed by atoms with van der Waals surface area (Å²) in [6.07, 6.45) is 3.57. The van der Waals surface area contributed by atoms with E-state index < -0.39 is 0 Å². The quantitative estimate of drug-likeness (QED) is 0.386. The van der Waals surface area contributed by atoms with Crippen LogP contribution >= 0.6 is 11.6 Å². The number of carbonyl (C=O) groups excluding carboxylic acids is 1. The summed E-state index contributed by atoms with van der Waals surface area (Å²) in [6.45, 7) is 3.78. The monoisotopic (exact) mass is 471 g/mol. The summed E-state index contributed by atoms with van der Waals surface area (Å²) in [4.78, 5) is 21.6. The number of pyridine rings is 1. The molecule has 172 valence electrons. The lowest BCUT2D eigenvalue weighted by molar-refractivity contribution is 0.262. The van der Waals surface area contributed by atoms with Crippen LogP contribution in [0.4, 0.5) is 21.9 Å². The van der Waals surface area contributed by atoms with E-state index in [1.165, 1.54) is 0 Å². The van der Waals surface area contributed by atoms with Gasteiger partial charge in [0.1, 0.15) is 0 Å². The largest absolute Gasteiger partial charge is 0.368 e. The lowest BCUT2D eigenvalue weighted by atomic mass is 9.98. The standard InChI is InChI=1S/C27H26ClN5O/c1-32-14-16-33(17-15-32)26-18-20(6-8-24(26)28)30-27(34)31-25-9-7-21(19-10-12-29-13-11-19)22-4-2-3-5-23(22)25/h2-13,18H,14-17H2,1H3,(H2,30,31,34). The van der Waals surface area contributed by atoms with Gasteiger partial charge in [-0.15, -0.1) is 0 Å². The van der Waals surface area contributed by atoms with Crippen LogP contribution in [-0.2, 0) is 0 Å². The van der Waals surface area contributed by atoms with Crippen molar-refractivity contribution in [1.82, 2.24) is 9.88 Å². The van der Waals surface area contributed by atoms with Gasteiger partial charge < -0.3 is 20.4 Å². The first-order valence-electron chi connectivity index (χ1n) is 11.3. The zero-order valence-electron chi connectivity index (χ0n) is 19.0. The van der Waals surface area contributed by atoms with Crippen molar-refractivity contribution < 1.29 is 4.79 Å². The van der Waals surface area contributed by atoms with E-state index in [9.17, 15) is 4.79 Å². The molecule has 7 heteroatoms. The average Bonchev–Trinajstić information content (AvgIpc) is 2.86. The second-order valence-corrected chi connectivity index (χ2v) is 8.88. The van der Waals surface area contributed by atoms with Crippen molar-refractivity contribution in [3.8, 4) is 11.1 Å². The van der Waals surface area contributed by atoms with Crippen molar-refractivity contribution in [2.24, 2.45) is 0 Å². The lowest BCUT2D eigenvalue weighted by Crippen LogP contribution is -2.44. The van der Waals surface area contributed by atoms with Gasteiger partial charge in [0.05, 0.1) is 16.4 Å².